The Labute approximate surface area is 145 Å². The maximum atomic E-state index is 12.7. The van der Waals surface area contributed by atoms with Gasteiger partial charge in [-0.3, -0.25) is 19.0 Å². The number of anilines is 1. The molecule has 3 heterocycles. The highest BCUT2D eigenvalue weighted by molar-refractivity contribution is 5.91. The van der Waals surface area contributed by atoms with Crippen LogP contribution in [-0.2, 0) is 11.3 Å². The molecule has 3 aromatic rings. The van der Waals surface area contributed by atoms with E-state index in [2.05, 4.69) is 15.4 Å². The molecular weight excluding hydrogens is 318 g/mol. The van der Waals surface area contributed by atoms with Gasteiger partial charge in [0.05, 0.1) is 0 Å². The molecule has 0 unspecified atom stereocenters. The van der Waals surface area contributed by atoms with Crippen LogP contribution in [0.5, 0.6) is 0 Å². The van der Waals surface area contributed by atoms with Gasteiger partial charge in [-0.25, -0.2) is 4.68 Å². The molecule has 0 saturated carbocycles. The summed E-state index contributed by atoms with van der Waals surface area (Å²) in [6.45, 7) is 7.67. The van der Waals surface area contributed by atoms with Crippen molar-refractivity contribution < 1.29 is 4.79 Å². The maximum absolute atomic E-state index is 12.7. The number of nitrogens with one attached hydrogen (secondary N) is 1. The van der Waals surface area contributed by atoms with Crippen LogP contribution in [0.25, 0.3) is 5.52 Å². The third kappa shape index (κ3) is 3.31. The Bertz CT molecular complexity index is 1000. The normalized spacial score (nSPS) is 11.2. The van der Waals surface area contributed by atoms with Crippen molar-refractivity contribution >= 4 is 17.1 Å². The van der Waals surface area contributed by atoms with Gasteiger partial charge < -0.3 is 5.32 Å². The lowest BCUT2D eigenvalue weighted by Gasteiger charge is -2.13. The van der Waals surface area contributed by atoms with Crippen LogP contribution < -0.4 is 10.9 Å². The van der Waals surface area contributed by atoms with E-state index in [1.165, 1.54) is 4.68 Å². The van der Waals surface area contributed by atoms with E-state index >= 15 is 0 Å². The van der Waals surface area contributed by atoms with Crippen molar-refractivity contribution in [2.24, 2.45) is 0 Å². The van der Waals surface area contributed by atoms with E-state index < -0.39 is 0 Å². The predicted octanol–water partition coefficient (Wildman–Crippen LogP) is 2.27. The second-order valence-corrected chi connectivity index (χ2v) is 6.49. The van der Waals surface area contributed by atoms with Gasteiger partial charge >= 0.3 is 0 Å². The van der Waals surface area contributed by atoms with Crippen molar-refractivity contribution in [2.45, 2.75) is 40.2 Å². The van der Waals surface area contributed by atoms with E-state index in [1.807, 2.05) is 44.4 Å². The minimum atomic E-state index is -0.300. The van der Waals surface area contributed by atoms with Gasteiger partial charge in [0.1, 0.15) is 17.9 Å². The van der Waals surface area contributed by atoms with E-state index in [1.54, 1.807) is 18.5 Å². The fourth-order valence-electron chi connectivity index (χ4n) is 2.74. The summed E-state index contributed by atoms with van der Waals surface area (Å²) in [5.41, 5.74) is 2.77. The van der Waals surface area contributed by atoms with Crippen LogP contribution in [0, 0.1) is 13.8 Å². The van der Waals surface area contributed by atoms with E-state index in [4.69, 9.17) is 0 Å². The molecule has 3 rings (SSSR count). The number of aromatic nitrogens is 4. The number of rotatable bonds is 4. The molecule has 0 aliphatic heterocycles. The molecule has 0 fully saturated rings. The Kier molecular flexibility index (Phi) is 4.39. The summed E-state index contributed by atoms with van der Waals surface area (Å²) in [5, 5.41) is 7.21. The van der Waals surface area contributed by atoms with Gasteiger partial charge in [-0.05, 0) is 37.1 Å². The van der Waals surface area contributed by atoms with Gasteiger partial charge in [-0.1, -0.05) is 13.8 Å². The Hall–Kier alpha value is -2.96. The van der Waals surface area contributed by atoms with E-state index in [9.17, 15) is 9.59 Å². The van der Waals surface area contributed by atoms with Crippen molar-refractivity contribution in [3.05, 3.63) is 58.0 Å². The molecule has 7 heteroatoms. The smallest absolute Gasteiger partial charge is 0.291 e. The van der Waals surface area contributed by atoms with Crippen LogP contribution in [0.4, 0.5) is 5.69 Å². The largest absolute Gasteiger partial charge is 0.324 e. The zero-order valence-corrected chi connectivity index (χ0v) is 14.8. The second kappa shape index (κ2) is 6.51. The highest BCUT2D eigenvalue weighted by atomic mass is 16.2. The van der Waals surface area contributed by atoms with Gasteiger partial charge in [-0.15, -0.1) is 0 Å². The van der Waals surface area contributed by atoms with Crippen LogP contribution in [0.2, 0.25) is 0 Å². The summed E-state index contributed by atoms with van der Waals surface area (Å²) < 4.78 is 3.04. The number of carbonyl (C=O) groups is 1. The van der Waals surface area contributed by atoms with Crippen LogP contribution in [-0.4, -0.2) is 25.1 Å². The summed E-state index contributed by atoms with van der Waals surface area (Å²) in [7, 11) is 0. The van der Waals surface area contributed by atoms with Crippen molar-refractivity contribution in [1.82, 2.24) is 19.2 Å². The second-order valence-electron chi connectivity index (χ2n) is 6.49. The molecule has 130 valence electrons. The number of hydrogen-bond donors (Lipinski definition) is 1. The first kappa shape index (κ1) is 16.9. The van der Waals surface area contributed by atoms with Gasteiger partial charge in [0.2, 0.25) is 5.91 Å². The predicted molar refractivity (Wildman–Crippen MR) is 95.9 cm³/mol. The van der Waals surface area contributed by atoms with Gasteiger partial charge in [0.15, 0.2) is 0 Å². The molecule has 0 aliphatic rings. The summed E-state index contributed by atoms with van der Waals surface area (Å²) in [6, 6.07) is 3.54. The standard InChI is InChI=1S/C18H21N5O2/c1-11(2)17-21-23(18(25)15-7-12(3)9-22(15)17)10-16(24)20-14-5-6-19-8-13(14)4/h5-9,11H,10H2,1-4H3,(H,19,20,24). The Balaban J connectivity index is 1.96. The van der Waals surface area contributed by atoms with Crippen molar-refractivity contribution in [2.75, 3.05) is 5.32 Å². The molecule has 0 spiro atoms. The van der Waals surface area contributed by atoms with E-state index in [0.29, 0.717) is 11.2 Å². The fraction of sp³-hybridized carbons (Fsp3) is 0.333. The number of hydrogen-bond acceptors (Lipinski definition) is 4. The molecule has 0 aliphatic carbocycles. The lowest BCUT2D eigenvalue weighted by molar-refractivity contribution is -0.117. The number of amides is 1. The molecule has 7 nitrogen and oxygen atoms in total. The molecule has 0 bridgehead atoms. The molecule has 0 aromatic carbocycles. The Morgan fingerprint density at radius 2 is 2.08 bits per heavy atom. The number of nitrogens with zero attached hydrogens (tertiary/aromatic N) is 4. The molecule has 25 heavy (non-hydrogen) atoms. The molecular formula is C18H21N5O2. The van der Waals surface area contributed by atoms with Crippen molar-refractivity contribution in [3.8, 4) is 0 Å². The molecule has 1 amide bonds. The lowest BCUT2D eigenvalue weighted by Crippen LogP contribution is -2.32. The summed E-state index contributed by atoms with van der Waals surface area (Å²) in [6.07, 6.45) is 5.18. The van der Waals surface area contributed by atoms with Crippen molar-refractivity contribution in [1.29, 1.82) is 0 Å². The topological polar surface area (TPSA) is 81.3 Å². The average molecular weight is 339 g/mol. The van der Waals surface area contributed by atoms with Crippen LogP contribution >= 0.6 is 0 Å². The van der Waals surface area contributed by atoms with Gasteiger partial charge in [0.25, 0.3) is 5.56 Å². The summed E-state index contributed by atoms with van der Waals surface area (Å²) in [5.74, 6) is 0.563. The van der Waals surface area contributed by atoms with Crippen LogP contribution in [0.3, 0.4) is 0 Å². The monoisotopic (exact) mass is 339 g/mol. The average Bonchev–Trinajstić information content (AvgIpc) is 2.94. The highest BCUT2D eigenvalue weighted by Gasteiger charge is 2.16. The highest BCUT2D eigenvalue weighted by Crippen LogP contribution is 2.15. The third-order valence-electron chi connectivity index (χ3n) is 3.98. The SMILES string of the molecule is Cc1cc2c(=O)n(CC(=O)Nc3ccncc3C)nc(C(C)C)n2c1. The zero-order chi connectivity index (χ0) is 18.1. The molecule has 0 radical (unpaired) electrons. The minimum Gasteiger partial charge on any atom is -0.324 e. The summed E-state index contributed by atoms with van der Waals surface area (Å²) >= 11 is 0. The maximum Gasteiger partial charge on any atom is 0.291 e. The third-order valence-corrected chi connectivity index (χ3v) is 3.98. The number of carbonyl (C=O) groups excluding carboxylic acids is 1. The van der Waals surface area contributed by atoms with Crippen molar-refractivity contribution in [3.63, 3.8) is 0 Å². The summed E-state index contributed by atoms with van der Waals surface area (Å²) in [4.78, 5) is 29.0. The lowest BCUT2D eigenvalue weighted by atomic mass is 10.2. The van der Waals surface area contributed by atoms with E-state index in [-0.39, 0.29) is 23.9 Å². The Morgan fingerprint density at radius 1 is 1.32 bits per heavy atom. The molecule has 1 N–H and O–H groups in total. The number of fused-ring (bicyclic) bond motifs is 1. The number of aryl methyl sites for hydroxylation is 2. The van der Waals surface area contributed by atoms with Gasteiger partial charge in [-0.2, -0.15) is 5.10 Å². The van der Waals surface area contributed by atoms with E-state index in [0.717, 1.165) is 17.0 Å². The Morgan fingerprint density at radius 3 is 2.76 bits per heavy atom. The first-order chi connectivity index (χ1) is 11.9. The number of pyridine rings is 1. The van der Waals surface area contributed by atoms with Crippen LogP contribution in [0.1, 0.15) is 36.7 Å². The molecule has 0 atom stereocenters. The first-order valence-electron chi connectivity index (χ1n) is 8.17. The minimum absolute atomic E-state index is 0.117. The molecule has 0 saturated heterocycles. The molecule has 3 aromatic heterocycles. The first-order valence-corrected chi connectivity index (χ1v) is 8.17. The fourth-order valence-corrected chi connectivity index (χ4v) is 2.74. The van der Waals surface area contributed by atoms with Gasteiger partial charge in [0, 0.05) is 30.2 Å². The quantitative estimate of drug-likeness (QED) is 0.790. The van der Waals surface area contributed by atoms with Crippen LogP contribution in [0.15, 0.2) is 35.5 Å². The zero-order valence-electron chi connectivity index (χ0n) is 14.8.